The third kappa shape index (κ3) is 2.33. The first kappa shape index (κ1) is 13.2. The summed E-state index contributed by atoms with van der Waals surface area (Å²) in [7, 11) is 1.63. The van der Waals surface area contributed by atoms with Gasteiger partial charge in [-0.3, -0.25) is 4.98 Å². The van der Waals surface area contributed by atoms with E-state index in [1.165, 1.54) is 0 Å². The molecular weight excluding hydrogens is 266 g/mol. The van der Waals surface area contributed by atoms with E-state index in [0.29, 0.717) is 5.69 Å². The summed E-state index contributed by atoms with van der Waals surface area (Å²) in [5, 5.41) is 4.07. The molecule has 2 N–H and O–H groups in total. The topological polar surface area (TPSA) is 74.2 Å². The number of pyridine rings is 1. The fourth-order valence-electron chi connectivity index (χ4n) is 2.28. The maximum Gasteiger partial charge on any atom is 0.230 e. The molecule has 1 aromatic carbocycles. The van der Waals surface area contributed by atoms with Gasteiger partial charge < -0.3 is 15.0 Å². The average Bonchev–Trinajstić information content (AvgIpc) is 2.89. The van der Waals surface area contributed by atoms with Crippen molar-refractivity contribution in [2.75, 3.05) is 12.8 Å². The van der Waals surface area contributed by atoms with E-state index in [0.717, 1.165) is 28.0 Å². The Hall–Kier alpha value is -2.82. The zero-order valence-corrected chi connectivity index (χ0v) is 11.8. The number of ether oxygens (including phenoxy) is 1. The number of aryl methyl sites for hydroxylation is 1. The van der Waals surface area contributed by atoms with Gasteiger partial charge in [-0.05, 0) is 31.2 Å². The van der Waals surface area contributed by atoms with Crippen LogP contribution in [0.4, 0.5) is 5.88 Å². The van der Waals surface area contributed by atoms with Crippen LogP contribution in [0, 0.1) is 6.92 Å². The molecule has 5 heteroatoms. The van der Waals surface area contributed by atoms with Crippen molar-refractivity contribution in [1.29, 1.82) is 0 Å². The average molecular weight is 281 g/mol. The SMILES string of the molecule is COc1ccc(C)cc1-c1c(-c2cccnc2)noc1N. The van der Waals surface area contributed by atoms with E-state index in [4.69, 9.17) is 15.0 Å². The van der Waals surface area contributed by atoms with Gasteiger partial charge in [0, 0.05) is 23.5 Å². The van der Waals surface area contributed by atoms with Gasteiger partial charge >= 0.3 is 0 Å². The molecule has 0 aliphatic heterocycles. The summed E-state index contributed by atoms with van der Waals surface area (Å²) >= 11 is 0. The van der Waals surface area contributed by atoms with Crippen LogP contribution >= 0.6 is 0 Å². The van der Waals surface area contributed by atoms with Gasteiger partial charge in [0.15, 0.2) is 0 Å². The van der Waals surface area contributed by atoms with Crippen LogP contribution in [0.2, 0.25) is 0 Å². The summed E-state index contributed by atoms with van der Waals surface area (Å²) in [5.41, 5.74) is 10.2. The first-order valence-electron chi connectivity index (χ1n) is 6.51. The third-order valence-corrected chi connectivity index (χ3v) is 3.28. The summed E-state index contributed by atoms with van der Waals surface area (Å²) < 4.78 is 10.6. The van der Waals surface area contributed by atoms with Crippen LogP contribution in [0.1, 0.15) is 5.56 Å². The number of aromatic nitrogens is 2. The molecule has 0 saturated carbocycles. The molecule has 0 aliphatic carbocycles. The maximum atomic E-state index is 5.98. The predicted octanol–water partition coefficient (Wildman–Crippen LogP) is 3.30. The highest BCUT2D eigenvalue weighted by Crippen LogP contribution is 2.40. The summed E-state index contributed by atoms with van der Waals surface area (Å²) in [4.78, 5) is 4.11. The van der Waals surface area contributed by atoms with Crippen LogP contribution in [-0.4, -0.2) is 17.3 Å². The first-order valence-corrected chi connectivity index (χ1v) is 6.51. The van der Waals surface area contributed by atoms with Crippen molar-refractivity contribution in [3.63, 3.8) is 0 Å². The third-order valence-electron chi connectivity index (χ3n) is 3.28. The smallest absolute Gasteiger partial charge is 0.230 e. The van der Waals surface area contributed by atoms with Crippen molar-refractivity contribution in [3.8, 4) is 28.1 Å². The molecule has 2 heterocycles. The lowest BCUT2D eigenvalue weighted by atomic mass is 9.99. The number of methoxy groups -OCH3 is 1. The number of nitrogens with two attached hydrogens (primary N) is 1. The number of anilines is 1. The molecule has 0 amide bonds. The largest absolute Gasteiger partial charge is 0.496 e. The zero-order valence-electron chi connectivity index (χ0n) is 11.8. The van der Waals surface area contributed by atoms with Crippen LogP contribution in [0.15, 0.2) is 47.2 Å². The van der Waals surface area contributed by atoms with Crippen molar-refractivity contribution in [2.45, 2.75) is 6.92 Å². The predicted molar refractivity (Wildman–Crippen MR) is 80.9 cm³/mol. The Labute approximate surface area is 122 Å². The van der Waals surface area contributed by atoms with Gasteiger partial charge in [0.2, 0.25) is 5.88 Å². The van der Waals surface area contributed by atoms with E-state index >= 15 is 0 Å². The number of nitrogen functional groups attached to an aromatic ring is 1. The molecule has 0 radical (unpaired) electrons. The normalized spacial score (nSPS) is 10.6. The van der Waals surface area contributed by atoms with Crippen LogP contribution in [0.5, 0.6) is 5.75 Å². The molecule has 2 aromatic heterocycles. The standard InChI is InChI=1S/C16H15N3O2/c1-10-5-6-13(20-2)12(8-10)14-15(19-21-16(14)17)11-4-3-7-18-9-11/h3-9H,17H2,1-2H3. The lowest BCUT2D eigenvalue weighted by molar-refractivity contribution is 0.416. The molecule has 0 unspecified atom stereocenters. The van der Waals surface area contributed by atoms with Crippen LogP contribution in [-0.2, 0) is 0 Å². The minimum absolute atomic E-state index is 0.262. The number of benzene rings is 1. The summed E-state index contributed by atoms with van der Waals surface area (Å²) in [6.45, 7) is 2.01. The Morgan fingerprint density at radius 3 is 2.81 bits per heavy atom. The highest BCUT2D eigenvalue weighted by molar-refractivity contribution is 5.89. The second-order valence-electron chi connectivity index (χ2n) is 4.72. The van der Waals surface area contributed by atoms with Gasteiger partial charge in [-0.1, -0.05) is 16.8 Å². The number of rotatable bonds is 3. The van der Waals surface area contributed by atoms with E-state index in [1.807, 2.05) is 37.3 Å². The van der Waals surface area contributed by atoms with E-state index in [1.54, 1.807) is 19.5 Å². The van der Waals surface area contributed by atoms with Crippen LogP contribution < -0.4 is 10.5 Å². The van der Waals surface area contributed by atoms with E-state index in [9.17, 15) is 0 Å². The summed E-state index contributed by atoms with van der Waals surface area (Å²) in [6, 6.07) is 9.65. The minimum atomic E-state index is 0.262. The second kappa shape index (κ2) is 5.28. The first-order chi connectivity index (χ1) is 10.2. The van der Waals surface area contributed by atoms with E-state index in [-0.39, 0.29) is 5.88 Å². The molecular formula is C16H15N3O2. The van der Waals surface area contributed by atoms with Crippen molar-refractivity contribution in [2.24, 2.45) is 0 Å². The monoisotopic (exact) mass is 281 g/mol. The number of hydrogen-bond donors (Lipinski definition) is 1. The molecule has 0 fully saturated rings. The Balaban J connectivity index is 2.24. The number of nitrogens with zero attached hydrogens (tertiary/aromatic N) is 2. The molecule has 106 valence electrons. The lowest BCUT2D eigenvalue weighted by Crippen LogP contribution is -1.93. The Kier molecular flexibility index (Phi) is 3.31. The second-order valence-corrected chi connectivity index (χ2v) is 4.72. The Morgan fingerprint density at radius 1 is 1.24 bits per heavy atom. The minimum Gasteiger partial charge on any atom is -0.496 e. The molecule has 0 saturated heterocycles. The van der Waals surface area contributed by atoms with Crippen molar-refractivity contribution >= 4 is 5.88 Å². The lowest BCUT2D eigenvalue weighted by Gasteiger charge is -2.09. The van der Waals surface area contributed by atoms with Gasteiger partial charge in [-0.15, -0.1) is 0 Å². The van der Waals surface area contributed by atoms with Crippen molar-refractivity contribution < 1.29 is 9.26 Å². The van der Waals surface area contributed by atoms with Gasteiger partial charge in [0.25, 0.3) is 0 Å². The highest BCUT2D eigenvalue weighted by Gasteiger charge is 2.20. The van der Waals surface area contributed by atoms with Crippen LogP contribution in [0.25, 0.3) is 22.4 Å². The summed E-state index contributed by atoms with van der Waals surface area (Å²) in [5.74, 6) is 0.985. The molecule has 0 atom stereocenters. The van der Waals surface area contributed by atoms with Gasteiger partial charge in [0.1, 0.15) is 11.4 Å². The maximum absolute atomic E-state index is 5.98. The van der Waals surface area contributed by atoms with Crippen molar-refractivity contribution in [3.05, 3.63) is 48.3 Å². The van der Waals surface area contributed by atoms with Crippen LogP contribution in [0.3, 0.4) is 0 Å². The fourth-order valence-corrected chi connectivity index (χ4v) is 2.28. The van der Waals surface area contributed by atoms with E-state index in [2.05, 4.69) is 10.1 Å². The quantitative estimate of drug-likeness (QED) is 0.797. The molecule has 3 rings (SSSR count). The Morgan fingerprint density at radius 2 is 2.10 bits per heavy atom. The highest BCUT2D eigenvalue weighted by atomic mass is 16.5. The molecule has 0 bridgehead atoms. The Bertz CT molecular complexity index is 766. The molecule has 5 nitrogen and oxygen atoms in total. The molecule has 21 heavy (non-hydrogen) atoms. The fraction of sp³-hybridized carbons (Fsp3) is 0.125. The zero-order chi connectivity index (χ0) is 14.8. The molecule has 0 spiro atoms. The summed E-state index contributed by atoms with van der Waals surface area (Å²) in [6.07, 6.45) is 3.43. The molecule has 3 aromatic rings. The van der Waals surface area contributed by atoms with E-state index < -0.39 is 0 Å². The molecule has 0 aliphatic rings. The number of hydrogen-bond acceptors (Lipinski definition) is 5. The van der Waals surface area contributed by atoms with Gasteiger partial charge in [-0.25, -0.2) is 0 Å². The van der Waals surface area contributed by atoms with Gasteiger partial charge in [0.05, 0.1) is 12.7 Å². The van der Waals surface area contributed by atoms with Crippen molar-refractivity contribution in [1.82, 2.24) is 10.1 Å². The van der Waals surface area contributed by atoms with Gasteiger partial charge in [-0.2, -0.15) is 0 Å².